The van der Waals surface area contributed by atoms with Crippen LogP contribution in [0.25, 0.3) is 11.1 Å². The molecule has 1 atom stereocenters. The minimum Gasteiger partial charge on any atom is -0.507 e. The van der Waals surface area contributed by atoms with E-state index in [2.05, 4.69) is 10.3 Å². The van der Waals surface area contributed by atoms with E-state index in [0.29, 0.717) is 16.7 Å². The van der Waals surface area contributed by atoms with Crippen LogP contribution < -0.4 is 11.1 Å². The van der Waals surface area contributed by atoms with Crippen LogP contribution in [-0.2, 0) is 0 Å². The minimum absolute atomic E-state index is 0.104. The molecule has 0 aliphatic heterocycles. The number of oxazole rings is 1. The Morgan fingerprint density at radius 3 is 2.86 bits per heavy atom. The molecule has 21 heavy (non-hydrogen) atoms. The number of phenolic OH excluding ortho intramolecular Hbond substituents is 1. The predicted octanol–water partition coefficient (Wildman–Crippen LogP) is 3.14. The highest BCUT2D eigenvalue weighted by Gasteiger charge is 2.12. The number of H-pyrrole nitrogens is 1. The van der Waals surface area contributed by atoms with Gasteiger partial charge in [-0.25, -0.2) is 9.18 Å². The van der Waals surface area contributed by atoms with Gasteiger partial charge in [-0.05, 0) is 31.2 Å². The molecule has 3 rings (SSSR count). The van der Waals surface area contributed by atoms with Crippen molar-refractivity contribution in [3.8, 4) is 5.75 Å². The Morgan fingerprint density at radius 1 is 1.29 bits per heavy atom. The number of nitrogens with one attached hydrogen (secondary N) is 2. The highest BCUT2D eigenvalue weighted by Crippen LogP contribution is 2.28. The Hall–Kier alpha value is -2.76. The number of aromatic hydroxyl groups is 1. The molecule has 0 spiro atoms. The summed E-state index contributed by atoms with van der Waals surface area (Å²) in [6, 6.07) is 8.83. The molecule has 0 radical (unpaired) electrons. The fraction of sp³-hybridized carbons (Fsp3) is 0.133. The van der Waals surface area contributed by atoms with Crippen LogP contribution in [0, 0.1) is 5.82 Å². The largest absolute Gasteiger partial charge is 0.507 e. The maximum Gasteiger partial charge on any atom is 0.417 e. The van der Waals surface area contributed by atoms with Gasteiger partial charge in [-0.2, -0.15) is 0 Å². The third-order valence-corrected chi connectivity index (χ3v) is 3.26. The maximum absolute atomic E-state index is 13.0. The van der Waals surface area contributed by atoms with E-state index in [9.17, 15) is 14.3 Å². The second-order valence-electron chi connectivity index (χ2n) is 4.79. The lowest BCUT2D eigenvalue weighted by molar-refractivity contribution is 0.459. The topological polar surface area (TPSA) is 78.3 Å². The Balaban J connectivity index is 1.88. The lowest BCUT2D eigenvalue weighted by atomic mass is 10.1. The van der Waals surface area contributed by atoms with E-state index in [1.165, 1.54) is 12.1 Å². The third-order valence-electron chi connectivity index (χ3n) is 3.26. The molecule has 0 bridgehead atoms. The quantitative estimate of drug-likeness (QED) is 0.692. The molecule has 0 aliphatic carbocycles. The van der Waals surface area contributed by atoms with Gasteiger partial charge in [-0.15, -0.1) is 0 Å². The van der Waals surface area contributed by atoms with Crippen LogP contribution in [0.4, 0.5) is 10.1 Å². The third kappa shape index (κ3) is 2.60. The van der Waals surface area contributed by atoms with Gasteiger partial charge in [0.05, 0.1) is 11.6 Å². The molecule has 1 heterocycles. The highest BCUT2D eigenvalue weighted by atomic mass is 19.1. The van der Waals surface area contributed by atoms with Gasteiger partial charge in [0.15, 0.2) is 5.58 Å². The fourth-order valence-electron chi connectivity index (χ4n) is 2.25. The van der Waals surface area contributed by atoms with E-state index in [0.717, 1.165) is 11.8 Å². The molecule has 0 saturated heterocycles. The number of rotatable bonds is 3. The van der Waals surface area contributed by atoms with Crippen molar-refractivity contribution in [2.24, 2.45) is 0 Å². The molecule has 0 aliphatic rings. The normalized spacial score (nSPS) is 12.5. The molecule has 3 aromatic rings. The molecule has 0 saturated carbocycles. The SMILES string of the molecule is CC(Nc1ccc2oc(=O)[nH]c2c1)c1ccc(F)cc1O. The van der Waals surface area contributed by atoms with Crippen LogP contribution in [0.5, 0.6) is 5.75 Å². The maximum atomic E-state index is 13.0. The minimum atomic E-state index is -0.508. The Kier molecular flexibility index (Phi) is 3.13. The van der Waals surface area contributed by atoms with Crippen LogP contribution in [0.1, 0.15) is 18.5 Å². The predicted molar refractivity (Wildman–Crippen MR) is 76.9 cm³/mol. The van der Waals surface area contributed by atoms with E-state index in [1.54, 1.807) is 18.2 Å². The summed E-state index contributed by atoms with van der Waals surface area (Å²) >= 11 is 0. The molecule has 2 aromatic carbocycles. The summed E-state index contributed by atoms with van der Waals surface area (Å²) < 4.78 is 17.9. The number of hydrogen-bond acceptors (Lipinski definition) is 4. The van der Waals surface area contributed by atoms with E-state index in [-0.39, 0.29) is 11.8 Å². The summed E-state index contributed by atoms with van der Waals surface area (Å²) in [6.45, 7) is 1.84. The van der Waals surface area contributed by atoms with Gasteiger partial charge < -0.3 is 14.8 Å². The average Bonchev–Trinajstić information content (AvgIpc) is 2.77. The van der Waals surface area contributed by atoms with Gasteiger partial charge in [-0.3, -0.25) is 4.98 Å². The first-order chi connectivity index (χ1) is 10.0. The van der Waals surface area contributed by atoms with Crippen LogP contribution in [0.2, 0.25) is 0 Å². The van der Waals surface area contributed by atoms with Gasteiger partial charge in [0.2, 0.25) is 0 Å². The lowest BCUT2D eigenvalue weighted by Crippen LogP contribution is -2.07. The van der Waals surface area contributed by atoms with Crippen LogP contribution in [0.15, 0.2) is 45.6 Å². The summed E-state index contributed by atoms with van der Waals surface area (Å²) in [4.78, 5) is 13.7. The van der Waals surface area contributed by atoms with Gasteiger partial charge in [0.1, 0.15) is 11.6 Å². The molecular formula is C15H13FN2O3. The first kappa shape index (κ1) is 13.2. The standard InChI is InChI=1S/C15H13FN2O3/c1-8(11-4-2-9(16)6-13(11)19)17-10-3-5-14-12(7-10)18-15(20)21-14/h2-8,17,19H,1H3,(H,18,20). The van der Waals surface area contributed by atoms with Crippen molar-refractivity contribution < 1.29 is 13.9 Å². The molecule has 5 nitrogen and oxygen atoms in total. The Morgan fingerprint density at radius 2 is 2.10 bits per heavy atom. The summed E-state index contributed by atoms with van der Waals surface area (Å²) in [5.74, 6) is -1.10. The second-order valence-corrected chi connectivity index (χ2v) is 4.79. The summed E-state index contributed by atoms with van der Waals surface area (Å²) in [6.07, 6.45) is 0. The summed E-state index contributed by atoms with van der Waals surface area (Å²) in [5, 5.41) is 12.9. The van der Waals surface area contributed by atoms with E-state index >= 15 is 0 Å². The molecule has 6 heteroatoms. The molecule has 0 amide bonds. The monoisotopic (exact) mass is 288 g/mol. The highest BCUT2D eigenvalue weighted by molar-refractivity contribution is 5.76. The van der Waals surface area contributed by atoms with Crippen molar-refractivity contribution in [1.82, 2.24) is 4.98 Å². The van der Waals surface area contributed by atoms with E-state index in [4.69, 9.17) is 4.42 Å². The van der Waals surface area contributed by atoms with Crippen molar-refractivity contribution in [2.45, 2.75) is 13.0 Å². The van der Waals surface area contributed by atoms with Crippen molar-refractivity contribution in [1.29, 1.82) is 0 Å². The zero-order valence-corrected chi connectivity index (χ0v) is 11.2. The Labute approximate surface area is 119 Å². The number of phenols is 1. The fourth-order valence-corrected chi connectivity index (χ4v) is 2.25. The molecule has 0 fully saturated rings. The van der Waals surface area contributed by atoms with Crippen molar-refractivity contribution in [2.75, 3.05) is 5.32 Å². The van der Waals surface area contributed by atoms with Crippen LogP contribution in [-0.4, -0.2) is 10.1 Å². The lowest BCUT2D eigenvalue weighted by Gasteiger charge is -2.16. The van der Waals surface area contributed by atoms with Crippen LogP contribution in [0.3, 0.4) is 0 Å². The molecule has 1 unspecified atom stereocenters. The number of fused-ring (bicyclic) bond motifs is 1. The van der Waals surface area contributed by atoms with Crippen molar-refractivity contribution >= 4 is 16.8 Å². The molecular weight excluding hydrogens is 275 g/mol. The molecule has 3 N–H and O–H groups in total. The molecule has 1 aromatic heterocycles. The van der Waals surface area contributed by atoms with Gasteiger partial charge in [-0.1, -0.05) is 6.07 Å². The number of anilines is 1. The van der Waals surface area contributed by atoms with E-state index < -0.39 is 11.6 Å². The average molecular weight is 288 g/mol. The second kappa shape index (κ2) is 4.97. The first-order valence-electron chi connectivity index (χ1n) is 6.41. The summed E-state index contributed by atoms with van der Waals surface area (Å²) in [5.41, 5.74) is 2.39. The number of aromatic amines is 1. The Bertz CT molecular complexity index is 853. The number of hydrogen-bond donors (Lipinski definition) is 3. The van der Waals surface area contributed by atoms with Crippen molar-refractivity contribution in [3.63, 3.8) is 0 Å². The van der Waals surface area contributed by atoms with Gasteiger partial charge in [0.25, 0.3) is 0 Å². The zero-order valence-electron chi connectivity index (χ0n) is 11.2. The molecule has 108 valence electrons. The van der Waals surface area contributed by atoms with Gasteiger partial charge in [0, 0.05) is 17.3 Å². The summed E-state index contributed by atoms with van der Waals surface area (Å²) in [7, 11) is 0. The van der Waals surface area contributed by atoms with Crippen LogP contribution >= 0.6 is 0 Å². The zero-order chi connectivity index (χ0) is 15.0. The van der Waals surface area contributed by atoms with Crippen molar-refractivity contribution in [3.05, 3.63) is 58.3 Å². The first-order valence-corrected chi connectivity index (χ1v) is 6.41. The smallest absolute Gasteiger partial charge is 0.417 e. The number of benzene rings is 2. The number of aromatic nitrogens is 1. The number of halogens is 1. The van der Waals surface area contributed by atoms with Gasteiger partial charge >= 0.3 is 5.76 Å². The van der Waals surface area contributed by atoms with E-state index in [1.807, 2.05) is 6.92 Å².